The van der Waals surface area contributed by atoms with Gasteiger partial charge in [-0.25, -0.2) is 0 Å². The van der Waals surface area contributed by atoms with Crippen LogP contribution in [0.1, 0.15) is 39.5 Å². The third-order valence-electron chi connectivity index (χ3n) is 2.92. The molecule has 0 atom stereocenters. The van der Waals surface area contributed by atoms with E-state index in [0.717, 1.165) is 13.0 Å². The van der Waals surface area contributed by atoms with Gasteiger partial charge in [-0.1, -0.05) is 20.3 Å². The normalized spacial score (nSPS) is 20.5. The lowest BCUT2D eigenvalue weighted by Gasteiger charge is -2.34. The molecule has 0 radical (unpaired) electrons. The highest BCUT2D eigenvalue weighted by atomic mass is 15.1. The van der Waals surface area contributed by atoms with Gasteiger partial charge in [0.05, 0.1) is 0 Å². The molecule has 0 spiro atoms. The first kappa shape index (κ1) is 11.0. The molecule has 1 fully saturated rings. The molecule has 0 aromatic carbocycles. The van der Waals surface area contributed by atoms with Crippen LogP contribution in [0.2, 0.25) is 0 Å². The first-order chi connectivity index (χ1) is 6.14. The van der Waals surface area contributed by atoms with E-state index in [9.17, 15) is 0 Å². The number of nitrogens with zero attached hydrogens (tertiary/aromatic N) is 1. The maximum Gasteiger partial charge on any atom is 0.00332 e. The number of rotatable bonds is 4. The molecule has 0 aromatic rings. The van der Waals surface area contributed by atoms with Gasteiger partial charge < -0.3 is 10.6 Å². The van der Waals surface area contributed by atoms with Crippen molar-refractivity contribution < 1.29 is 0 Å². The van der Waals surface area contributed by atoms with Gasteiger partial charge in [0, 0.05) is 6.54 Å². The van der Waals surface area contributed by atoms with Crippen molar-refractivity contribution in [2.75, 3.05) is 26.2 Å². The Morgan fingerprint density at radius 2 is 1.77 bits per heavy atom. The molecule has 1 saturated heterocycles. The average Bonchev–Trinajstić information content (AvgIpc) is 2.04. The fraction of sp³-hybridized carbons (Fsp3) is 1.00. The minimum atomic E-state index is 0.409. The first-order valence-electron chi connectivity index (χ1n) is 5.56. The highest BCUT2D eigenvalue weighted by Crippen LogP contribution is 2.22. The van der Waals surface area contributed by atoms with E-state index in [1.54, 1.807) is 0 Å². The molecule has 0 aliphatic carbocycles. The molecule has 2 nitrogen and oxygen atoms in total. The Kier molecular flexibility index (Phi) is 4.20. The van der Waals surface area contributed by atoms with E-state index < -0.39 is 0 Å². The lowest BCUT2D eigenvalue weighted by Crippen LogP contribution is -2.38. The standard InChI is InChI=1S/C11H24N2/c1-11(2,6-7-12)10-13-8-4-3-5-9-13/h3-10,12H2,1-2H3. The van der Waals surface area contributed by atoms with Gasteiger partial charge >= 0.3 is 0 Å². The number of hydrogen-bond donors (Lipinski definition) is 1. The maximum absolute atomic E-state index is 5.60. The maximum atomic E-state index is 5.60. The summed E-state index contributed by atoms with van der Waals surface area (Å²) in [7, 11) is 0. The fourth-order valence-corrected chi connectivity index (χ4v) is 2.19. The van der Waals surface area contributed by atoms with Crippen molar-refractivity contribution in [3.05, 3.63) is 0 Å². The van der Waals surface area contributed by atoms with Crippen molar-refractivity contribution in [2.24, 2.45) is 11.1 Å². The summed E-state index contributed by atoms with van der Waals surface area (Å²) in [4.78, 5) is 2.60. The van der Waals surface area contributed by atoms with Gasteiger partial charge in [0.1, 0.15) is 0 Å². The lowest BCUT2D eigenvalue weighted by molar-refractivity contribution is 0.147. The van der Waals surface area contributed by atoms with E-state index in [1.165, 1.54) is 38.9 Å². The van der Waals surface area contributed by atoms with Gasteiger partial charge in [0.25, 0.3) is 0 Å². The minimum Gasteiger partial charge on any atom is -0.330 e. The van der Waals surface area contributed by atoms with Crippen LogP contribution in [0.3, 0.4) is 0 Å². The summed E-state index contributed by atoms with van der Waals surface area (Å²) in [5, 5.41) is 0. The van der Waals surface area contributed by atoms with Crippen LogP contribution >= 0.6 is 0 Å². The molecule has 0 unspecified atom stereocenters. The first-order valence-corrected chi connectivity index (χ1v) is 5.56. The molecule has 1 aliphatic heterocycles. The van der Waals surface area contributed by atoms with Crippen LogP contribution in [-0.4, -0.2) is 31.1 Å². The summed E-state index contributed by atoms with van der Waals surface area (Å²) < 4.78 is 0. The van der Waals surface area contributed by atoms with Gasteiger partial charge in [-0.2, -0.15) is 0 Å². The van der Waals surface area contributed by atoms with Gasteiger partial charge in [-0.3, -0.25) is 0 Å². The van der Waals surface area contributed by atoms with E-state index in [-0.39, 0.29) is 0 Å². The summed E-state index contributed by atoms with van der Waals surface area (Å²) in [6.07, 6.45) is 5.34. The van der Waals surface area contributed by atoms with Crippen LogP contribution in [-0.2, 0) is 0 Å². The number of hydrogen-bond acceptors (Lipinski definition) is 2. The molecule has 1 heterocycles. The van der Waals surface area contributed by atoms with E-state index in [2.05, 4.69) is 18.7 Å². The largest absolute Gasteiger partial charge is 0.330 e. The van der Waals surface area contributed by atoms with Gasteiger partial charge in [0.15, 0.2) is 0 Å². The Labute approximate surface area is 82.5 Å². The Hall–Kier alpha value is -0.0800. The van der Waals surface area contributed by atoms with Crippen LogP contribution in [0.25, 0.3) is 0 Å². The van der Waals surface area contributed by atoms with Crippen molar-refractivity contribution in [2.45, 2.75) is 39.5 Å². The monoisotopic (exact) mass is 184 g/mol. The Bertz CT molecular complexity index is 137. The fourth-order valence-electron chi connectivity index (χ4n) is 2.19. The van der Waals surface area contributed by atoms with E-state index in [1.807, 2.05) is 0 Å². The number of nitrogens with two attached hydrogens (primary N) is 1. The van der Waals surface area contributed by atoms with Crippen molar-refractivity contribution in [3.63, 3.8) is 0 Å². The predicted molar refractivity (Wildman–Crippen MR) is 57.7 cm³/mol. The third kappa shape index (κ3) is 4.10. The predicted octanol–water partition coefficient (Wildman–Crippen LogP) is 1.85. The topological polar surface area (TPSA) is 29.3 Å². The van der Waals surface area contributed by atoms with E-state index in [4.69, 9.17) is 5.73 Å². The second kappa shape index (κ2) is 4.97. The minimum absolute atomic E-state index is 0.409. The average molecular weight is 184 g/mol. The Morgan fingerprint density at radius 1 is 1.15 bits per heavy atom. The quantitative estimate of drug-likeness (QED) is 0.722. The zero-order valence-corrected chi connectivity index (χ0v) is 9.18. The summed E-state index contributed by atoms with van der Waals surface area (Å²) >= 11 is 0. The molecule has 1 rings (SSSR count). The second-order valence-corrected chi connectivity index (χ2v) is 5.04. The van der Waals surface area contributed by atoms with Crippen molar-refractivity contribution in [1.82, 2.24) is 4.90 Å². The highest BCUT2D eigenvalue weighted by Gasteiger charge is 2.21. The van der Waals surface area contributed by atoms with E-state index in [0.29, 0.717) is 5.41 Å². The molecule has 2 N–H and O–H groups in total. The zero-order chi connectivity index (χ0) is 9.73. The molecule has 0 aromatic heterocycles. The lowest BCUT2D eigenvalue weighted by atomic mass is 9.88. The summed E-state index contributed by atoms with van der Waals surface area (Å²) in [6.45, 7) is 9.30. The van der Waals surface area contributed by atoms with Crippen LogP contribution in [0, 0.1) is 5.41 Å². The molecule has 78 valence electrons. The molecule has 13 heavy (non-hydrogen) atoms. The zero-order valence-electron chi connectivity index (χ0n) is 9.18. The van der Waals surface area contributed by atoms with Gasteiger partial charge in [-0.05, 0) is 44.3 Å². The summed E-state index contributed by atoms with van der Waals surface area (Å²) in [6, 6.07) is 0. The summed E-state index contributed by atoms with van der Waals surface area (Å²) in [5.74, 6) is 0. The van der Waals surface area contributed by atoms with Gasteiger partial charge in [-0.15, -0.1) is 0 Å². The summed E-state index contributed by atoms with van der Waals surface area (Å²) in [5.41, 5.74) is 6.01. The van der Waals surface area contributed by atoms with Crippen molar-refractivity contribution in [1.29, 1.82) is 0 Å². The van der Waals surface area contributed by atoms with Crippen molar-refractivity contribution >= 4 is 0 Å². The third-order valence-corrected chi connectivity index (χ3v) is 2.92. The SMILES string of the molecule is CC(C)(CCN)CN1CCCCC1. The van der Waals surface area contributed by atoms with Crippen LogP contribution in [0.5, 0.6) is 0 Å². The molecular weight excluding hydrogens is 160 g/mol. The number of piperidine rings is 1. The molecular formula is C11H24N2. The van der Waals surface area contributed by atoms with Crippen molar-refractivity contribution in [3.8, 4) is 0 Å². The Morgan fingerprint density at radius 3 is 2.31 bits per heavy atom. The van der Waals surface area contributed by atoms with Crippen LogP contribution in [0.15, 0.2) is 0 Å². The molecule has 0 bridgehead atoms. The van der Waals surface area contributed by atoms with Crippen LogP contribution < -0.4 is 5.73 Å². The highest BCUT2D eigenvalue weighted by molar-refractivity contribution is 4.76. The Balaban J connectivity index is 2.28. The molecule has 2 heteroatoms. The number of likely N-dealkylation sites (tertiary alicyclic amines) is 1. The smallest absolute Gasteiger partial charge is 0.00332 e. The molecule has 1 aliphatic rings. The van der Waals surface area contributed by atoms with Crippen LogP contribution in [0.4, 0.5) is 0 Å². The second-order valence-electron chi connectivity index (χ2n) is 5.04. The van der Waals surface area contributed by atoms with E-state index >= 15 is 0 Å². The van der Waals surface area contributed by atoms with Gasteiger partial charge in [0.2, 0.25) is 0 Å². The molecule has 0 amide bonds. The molecule has 0 saturated carbocycles.